The third kappa shape index (κ3) is 5.71. The summed E-state index contributed by atoms with van der Waals surface area (Å²) in [6.45, 7) is 0. The summed E-state index contributed by atoms with van der Waals surface area (Å²) >= 11 is 0. The van der Waals surface area contributed by atoms with E-state index < -0.39 is 20.0 Å². The second-order valence-corrected chi connectivity index (χ2v) is 10.4. The molecule has 0 fully saturated rings. The number of rotatable bonds is 8. The van der Waals surface area contributed by atoms with Gasteiger partial charge >= 0.3 is 0 Å². The lowest BCUT2D eigenvalue weighted by molar-refractivity contribution is 0.482. The molecule has 0 aliphatic rings. The van der Waals surface area contributed by atoms with Crippen molar-refractivity contribution in [2.45, 2.75) is 9.79 Å². The summed E-state index contributed by atoms with van der Waals surface area (Å²) in [7, 11) is -7.67. The van der Waals surface area contributed by atoms with E-state index in [9.17, 15) is 16.8 Å². The average Bonchev–Trinajstić information content (AvgIpc) is 2.81. The highest BCUT2D eigenvalue weighted by Crippen LogP contribution is 2.24. The van der Waals surface area contributed by atoms with Crippen molar-refractivity contribution in [3.8, 4) is 11.5 Å². The number of para-hydroxylation sites is 2. The minimum Gasteiger partial charge on any atom is -0.457 e. The van der Waals surface area contributed by atoms with Crippen LogP contribution in [0.25, 0.3) is 0 Å². The van der Waals surface area contributed by atoms with Crippen LogP contribution in [0.2, 0.25) is 0 Å². The van der Waals surface area contributed by atoms with Gasteiger partial charge in [0.15, 0.2) is 0 Å². The molecule has 9 heteroatoms. The molecule has 0 aliphatic carbocycles. The van der Waals surface area contributed by atoms with Crippen LogP contribution in [0.15, 0.2) is 119 Å². The molecular formula is C24H20N2O5S2. The molecule has 0 aliphatic heterocycles. The Hall–Kier alpha value is -3.82. The van der Waals surface area contributed by atoms with Gasteiger partial charge in [0.05, 0.1) is 9.79 Å². The number of benzene rings is 4. The highest BCUT2D eigenvalue weighted by molar-refractivity contribution is 7.93. The van der Waals surface area contributed by atoms with E-state index >= 15 is 0 Å². The van der Waals surface area contributed by atoms with Gasteiger partial charge in [-0.1, -0.05) is 36.4 Å². The van der Waals surface area contributed by atoms with Gasteiger partial charge in [0, 0.05) is 11.4 Å². The van der Waals surface area contributed by atoms with Crippen LogP contribution < -0.4 is 14.2 Å². The molecule has 2 N–H and O–H groups in total. The number of nitrogens with one attached hydrogen (secondary N) is 2. The number of sulfonamides is 2. The maximum atomic E-state index is 12.7. The fourth-order valence-corrected chi connectivity index (χ4v) is 5.07. The van der Waals surface area contributed by atoms with E-state index in [1.807, 2.05) is 18.2 Å². The average molecular weight is 481 g/mol. The van der Waals surface area contributed by atoms with E-state index in [2.05, 4.69) is 9.44 Å². The minimum atomic E-state index is -3.87. The van der Waals surface area contributed by atoms with Crippen molar-refractivity contribution in [3.05, 3.63) is 109 Å². The molecule has 0 atom stereocenters. The summed E-state index contributed by atoms with van der Waals surface area (Å²) in [4.78, 5) is 0.0575. The van der Waals surface area contributed by atoms with Crippen LogP contribution in [-0.2, 0) is 20.0 Å². The molecule has 0 radical (unpaired) electrons. The molecule has 0 bridgehead atoms. The molecular weight excluding hydrogens is 460 g/mol. The molecule has 4 aromatic rings. The normalized spacial score (nSPS) is 11.5. The predicted molar refractivity (Wildman–Crippen MR) is 127 cm³/mol. The van der Waals surface area contributed by atoms with E-state index in [-0.39, 0.29) is 15.5 Å². The Balaban J connectivity index is 1.45. The summed E-state index contributed by atoms with van der Waals surface area (Å²) in [5.41, 5.74) is 0.667. The van der Waals surface area contributed by atoms with Crippen LogP contribution in [0, 0.1) is 0 Å². The Kier molecular flexibility index (Phi) is 6.34. The third-order valence-electron chi connectivity index (χ3n) is 4.56. The molecule has 7 nitrogen and oxygen atoms in total. The van der Waals surface area contributed by atoms with Gasteiger partial charge in [-0.2, -0.15) is 0 Å². The van der Waals surface area contributed by atoms with Crippen molar-refractivity contribution in [3.63, 3.8) is 0 Å². The SMILES string of the molecule is O=S(=O)(Nc1ccccc1)c1ccc(NS(=O)(=O)c2ccc(Oc3ccccc3)cc2)cc1. The lowest BCUT2D eigenvalue weighted by Gasteiger charge is -2.11. The van der Waals surface area contributed by atoms with Crippen LogP contribution in [0.4, 0.5) is 11.4 Å². The minimum absolute atomic E-state index is 0.0108. The second kappa shape index (κ2) is 9.35. The summed E-state index contributed by atoms with van der Waals surface area (Å²) < 4.78 is 61.1. The molecule has 0 heterocycles. The fraction of sp³-hybridized carbons (Fsp3) is 0. The molecule has 4 rings (SSSR count). The first-order valence-electron chi connectivity index (χ1n) is 9.86. The predicted octanol–water partition coefficient (Wildman–Crippen LogP) is 5.08. The molecule has 33 heavy (non-hydrogen) atoms. The van der Waals surface area contributed by atoms with E-state index in [0.29, 0.717) is 17.2 Å². The number of hydrogen-bond donors (Lipinski definition) is 2. The van der Waals surface area contributed by atoms with Crippen molar-refractivity contribution < 1.29 is 21.6 Å². The van der Waals surface area contributed by atoms with Gasteiger partial charge < -0.3 is 4.74 Å². The maximum Gasteiger partial charge on any atom is 0.261 e. The summed E-state index contributed by atoms with van der Waals surface area (Å²) in [5.74, 6) is 1.14. The molecule has 0 saturated heterocycles. The first kappa shape index (κ1) is 22.4. The zero-order valence-corrected chi connectivity index (χ0v) is 18.9. The second-order valence-electron chi connectivity index (χ2n) is 6.99. The summed E-state index contributed by atoms with van der Waals surface area (Å²) in [5, 5.41) is 0. The standard InChI is InChI=1S/C24H20N2O5S2/c27-32(28,25-19-7-3-1-4-8-19)23-15-11-20(12-16-23)26-33(29,30)24-17-13-22(14-18-24)31-21-9-5-2-6-10-21/h1-18,25-26H. The molecule has 0 amide bonds. The molecule has 4 aromatic carbocycles. The van der Waals surface area contributed by atoms with Crippen LogP contribution in [0.1, 0.15) is 0 Å². The zero-order valence-electron chi connectivity index (χ0n) is 17.3. The van der Waals surface area contributed by atoms with Gasteiger partial charge in [0.25, 0.3) is 20.0 Å². The van der Waals surface area contributed by atoms with Gasteiger partial charge in [0.2, 0.25) is 0 Å². The Labute approximate surface area is 192 Å². The highest BCUT2D eigenvalue weighted by Gasteiger charge is 2.17. The molecule has 168 valence electrons. The van der Waals surface area contributed by atoms with Crippen molar-refractivity contribution in [1.29, 1.82) is 0 Å². The van der Waals surface area contributed by atoms with Crippen LogP contribution in [-0.4, -0.2) is 16.8 Å². The zero-order chi connectivity index (χ0) is 23.3. The van der Waals surface area contributed by atoms with Crippen LogP contribution in [0.3, 0.4) is 0 Å². The van der Waals surface area contributed by atoms with E-state index in [0.717, 1.165) is 0 Å². The van der Waals surface area contributed by atoms with Gasteiger partial charge in [-0.3, -0.25) is 9.44 Å². The van der Waals surface area contributed by atoms with Crippen molar-refractivity contribution in [2.75, 3.05) is 9.44 Å². The molecule has 0 spiro atoms. The largest absolute Gasteiger partial charge is 0.457 e. The third-order valence-corrected chi connectivity index (χ3v) is 7.35. The highest BCUT2D eigenvalue weighted by atomic mass is 32.2. The van der Waals surface area contributed by atoms with Crippen molar-refractivity contribution in [2.24, 2.45) is 0 Å². The molecule has 0 saturated carbocycles. The van der Waals surface area contributed by atoms with Crippen molar-refractivity contribution in [1.82, 2.24) is 0 Å². The maximum absolute atomic E-state index is 12.7. The van der Waals surface area contributed by atoms with Crippen LogP contribution in [0.5, 0.6) is 11.5 Å². The van der Waals surface area contributed by atoms with E-state index in [1.54, 1.807) is 54.6 Å². The number of anilines is 2. The fourth-order valence-electron chi connectivity index (χ4n) is 2.95. The quantitative estimate of drug-likeness (QED) is 0.366. The number of ether oxygens (including phenoxy) is 1. The molecule has 0 aromatic heterocycles. The lowest BCUT2D eigenvalue weighted by atomic mass is 10.3. The smallest absolute Gasteiger partial charge is 0.261 e. The van der Waals surface area contributed by atoms with Crippen molar-refractivity contribution >= 4 is 31.4 Å². The Morgan fingerprint density at radius 1 is 0.455 bits per heavy atom. The lowest BCUT2D eigenvalue weighted by Crippen LogP contribution is -2.14. The van der Waals surface area contributed by atoms with Gasteiger partial charge in [-0.25, -0.2) is 16.8 Å². The Bertz CT molecular complexity index is 1420. The van der Waals surface area contributed by atoms with E-state index in [1.165, 1.54) is 36.4 Å². The van der Waals surface area contributed by atoms with Crippen LogP contribution >= 0.6 is 0 Å². The first-order chi connectivity index (χ1) is 15.8. The monoisotopic (exact) mass is 480 g/mol. The van der Waals surface area contributed by atoms with Gasteiger partial charge in [0.1, 0.15) is 11.5 Å². The van der Waals surface area contributed by atoms with Gasteiger partial charge in [-0.05, 0) is 72.8 Å². The summed E-state index contributed by atoms with van der Waals surface area (Å²) in [6, 6.07) is 29.1. The number of hydrogen-bond acceptors (Lipinski definition) is 5. The first-order valence-corrected chi connectivity index (χ1v) is 12.8. The van der Waals surface area contributed by atoms with E-state index in [4.69, 9.17) is 4.74 Å². The van der Waals surface area contributed by atoms with Gasteiger partial charge in [-0.15, -0.1) is 0 Å². The Morgan fingerprint density at radius 2 is 0.848 bits per heavy atom. The Morgan fingerprint density at radius 3 is 1.36 bits per heavy atom. The molecule has 0 unspecified atom stereocenters. The summed E-state index contributed by atoms with van der Waals surface area (Å²) in [6.07, 6.45) is 0. The topological polar surface area (TPSA) is 102 Å².